The maximum absolute atomic E-state index is 12.6. The fourth-order valence-electron chi connectivity index (χ4n) is 3.50. The average molecular weight is 396 g/mol. The van der Waals surface area contributed by atoms with E-state index >= 15 is 0 Å². The first kappa shape index (κ1) is 20.7. The van der Waals surface area contributed by atoms with Gasteiger partial charge in [-0.15, -0.1) is 0 Å². The number of ether oxygens (including phenoxy) is 1. The van der Waals surface area contributed by atoms with Crippen molar-refractivity contribution in [1.82, 2.24) is 4.90 Å². The highest BCUT2D eigenvalue weighted by molar-refractivity contribution is 5.90. The second-order valence-corrected chi connectivity index (χ2v) is 7.24. The molecule has 0 unspecified atom stereocenters. The second kappa shape index (κ2) is 9.45. The Labute approximate surface area is 172 Å². The molecule has 6 nitrogen and oxygen atoms in total. The van der Waals surface area contributed by atoms with Gasteiger partial charge in [0.25, 0.3) is 0 Å². The molecule has 3 rings (SSSR count). The molecular weight excluding hydrogens is 366 g/mol. The Kier molecular flexibility index (Phi) is 6.75. The van der Waals surface area contributed by atoms with Crippen LogP contribution in [0.15, 0.2) is 42.5 Å². The number of hydrogen-bond acceptors (Lipinski definition) is 5. The molecule has 0 saturated carbocycles. The molecule has 1 heterocycles. The van der Waals surface area contributed by atoms with Gasteiger partial charge in [0.1, 0.15) is 0 Å². The average Bonchev–Trinajstić information content (AvgIpc) is 2.74. The lowest BCUT2D eigenvalue weighted by atomic mass is 10.1. The van der Waals surface area contributed by atoms with Crippen LogP contribution in [0.5, 0.6) is 0 Å². The fourth-order valence-corrected chi connectivity index (χ4v) is 3.50. The van der Waals surface area contributed by atoms with Gasteiger partial charge in [-0.05, 0) is 62.2 Å². The van der Waals surface area contributed by atoms with Gasteiger partial charge in [0, 0.05) is 37.6 Å². The summed E-state index contributed by atoms with van der Waals surface area (Å²) < 4.78 is 4.98. The van der Waals surface area contributed by atoms with Crippen LogP contribution in [-0.4, -0.2) is 56.1 Å². The predicted molar refractivity (Wildman–Crippen MR) is 116 cm³/mol. The predicted octanol–water partition coefficient (Wildman–Crippen LogP) is 3.24. The van der Waals surface area contributed by atoms with E-state index in [-0.39, 0.29) is 18.4 Å². The number of rotatable bonds is 6. The van der Waals surface area contributed by atoms with Crippen molar-refractivity contribution in [3.63, 3.8) is 0 Å². The van der Waals surface area contributed by atoms with Crippen LogP contribution in [0, 0.1) is 13.8 Å². The van der Waals surface area contributed by atoms with Gasteiger partial charge in [0.15, 0.2) is 0 Å². The molecule has 1 N–H and O–H groups in total. The van der Waals surface area contributed by atoms with Gasteiger partial charge < -0.3 is 19.9 Å². The summed E-state index contributed by atoms with van der Waals surface area (Å²) >= 11 is 0. The van der Waals surface area contributed by atoms with Crippen molar-refractivity contribution in [2.24, 2.45) is 0 Å². The number of hydrogen-bond donors (Lipinski definition) is 1. The van der Waals surface area contributed by atoms with Crippen molar-refractivity contribution in [1.29, 1.82) is 0 Å². The van der Waals surface area contributed by atoms with E-state index in [1.165, 1.54) is 16.8 Å². The number of nitrogens with zero attached hydrogens (tertiary/aromatic N) is 2. The van der Waals surface area contributed by atoms with Crippen molar-refractivity contribution in [3.05, 3.63) is 59.2 Å². The van der Waals surface area contributed by atoms with Gasteiger partial charge in [0.05, 0.1) is 18.7 Å². The Morgan fingerprint density at radius 3 is 2.34 bits per heavy atom. The first-order valence-electron chi connectivity index (χ1n) is 10.1. The standard InChI is InChI=1S/C23H29N3O3/c1-4-29-23(28)19-8-10-20(11-9-19)24-16-22(27)26-14-12-25(13-15-26)21-7-5-6-17(2)18(21)3/h5-11,24H,4,12-16H2,1-3H3. The van der Waals surface area contributed by atoms with Crippen LogP contribution in [0.25, 0.3) is 0 Å². The summed E-state index contributed by atoms with van der Waals surface area (Å²) in [6.07, 6.45) is 0. The minimum Gasteiger partial charge on any atom is -0.462 e. The van der Waals surface area contributed by atoms with Gasteiger partial charge in [-0.2, -0.15) is 0 Å². The number of amides is 1. The number of anilines is 2. The maximum Gasteiger partial charge on any atom is 0.338 e. The zero-order chi connectivity index (χ0) is 20.8. The monoisotopic (exact) mass is 395 g/mol. The Morgan fingerprint density at radius 2 is 1.69 bits per heavy atom. The first-order chi connectivity index (χ1) is 14.0. The minimum atomic E-state index is -0.336. The minimum absolute atomic E-state index is 0.0834. The summed E-state index contributed by atoms with van der Waals surface area (Å²) in [5.74, 6) is -0.253. The van der Waals surface area contributed by atoms with Crippen LogP contribution in [0.3, 0.4) is 0 Å². The summed E-state index contributed by atoms with van der Waals surface area (Å²) in [6.45, 7) is 9.76. The van der Waals surface area contributed by atoms with E-state index in [0.29, 0.717) is 12.2 Å². The van der Waals surface area contributed by atoms with Gasteiger partial charge in [-0.25, -0.2) is 4.79 Å². The van der Waals surface area contributed by atoms with E-state index in [1.807, 2.05) is 4.90 Å². The quantitative estimate of drug-likeness (QED) is 0.761. The van der Waals surface area contributed by atoms with Crippen LogP contribution >= 0.6 is 0 Å². The second-order valence-electron chi connectivity index (χ2n) is 7.24. The SMILES string of the molecule is CCOC(=O)c1ccc(NCC(=O)N2CCN(c3cccc(C)c3C)CC2)cc1. The number of carbonyl (C=O) groups excluding carboxylic acids is 2. The smallest absolute Gasteiger partial charge is 0.338 e. The number of esters is 1. The highest BCUT2D eigenvalue weighted by atomic mass is 16.5. The third-order valence-electron chi connectivity index (χ3n) is 5.39. The van der Waals surface area contributed by atoms with Crippen LogP contribution in [0.1, 0.15) is 28.4 Å². The molecule has 0 atom stereocenters. The third kappa shape index (κ3) is 5.08. The van der Waals surface area contributed by atoms with Gasteiger partial charge >= 0.3 is 5.97 Å². The molecule has 0 spiro atoms. The molecule has 29 heavy (non-hydrogen) atoms. The molecule has 1 amide bonds. The highest BCUT2D eigenvalue weighted by Crippen LogP contribution is 2.23. The molecule has 154 valence electrons. The molecule has 1 saturated heterocycles. The molecule has 0 bridgehead atoms. The first-order valence-corrected chi connectivity index (χ1v) is 10.1. The van der Waals surface area contributed by atoms with E-state index in [1.54, 1.807) is 31.2 Å². The van der Waals surface area contributed by atoms with E-state index in [0.717, 1.165) is 31.9 Å². The summed E-state index contributed by atoms with van der Waals surface area (Å²) in [4.78, 5) is 28.5. The summed E-state index contributed by atoms with van der Waals surface area (Å²) in [5.41, 5.74) is 5.17. The highest BCUT2D eigenvalue weighted by Gasteiger charge is 2.22. The zero-order valence-corrected chi connectivity index (χ0v) is 17.4. The van der Waals surface area contributed by atoms with Crippen molar-refractivity contribution in [2.45, 2.75) is 20.8 Å². The molecule has 6 heteroatoms. The van der Waals surface area contributed by atoms with Crippen LogP contribution < -0.4 is 10.2 Å². The number of aryl methyl sites for hydroxylation is 1. The Bertz CT molecular complexity index is 856. The maximum atomic E-state index is 12.6. The molecule has 1 aliphatic heterocycles. The molecular formula is C23H29N3O3. The molecule has 1 aliphatic rings. The van der Waals surface area contributed by atoms with E-state index in [4.69, 9.17) is 4.74 Å². The zero-order valence-electron chi connectivity index (χ0n) is 17.4. The van der Waals surface area contributed by atoms with Crippen LogP contribution in [0.4, 0.5) is 11.4 Å². The van der Waals surface area contributed by atoms with Gasteiger partial charge in [-0.3, -0.25) is 4.79 Å². The van der Waals surface area contributed by atoms with Crippen LogP contribution in [-0.2, 0) is 9.53 Å². The molecule has 2 aromatic rings. The van der Waals surface area contributed by atoms with E-state index in [2.05, 4.69) is 42.3 Å². The molecule has 1 fully saturated rings. The summed E-state index contributed by atoms with van der Waals surface area (Å²) in [5, 5.41) is 3.14. The third-order valence-corrected chi connectivity index (χ3v) is 5.39. The van der Waals surface area contributed by atoms with Crippen LogP contribution in [0.2, 0.25) is 0 Å². The number of benzene rings is 2. The summed E-state index contributed by atoms with van der Waals surface area (Å²) in [7, 11) is 0. The number of piperazine rings is 1. The Hall–Kier alpha value is -3.02. The van der Waals surface area contributed by atoms with Crippen molar-refractivity contribution >= 4 is 23.3 Å². The molecule has 2 aromatic carbocycles. The van der Waals surface area contributed by atoms with Gasteiger partial charge in [0.2, 0.25) is 5.91 Å². The Morgan fingerprint density at radius 1 is 1.00 bits per heavy atom. The van der Waals surface area contributed by atoms with Crippen molar-refractivity contribution in [3.8, 4) is 0 Å². The normalized spacial score (nSPS) is 13.9. The lowest BCUT2D eigenvalue weighted by Crippen LogP contribution is -2.50. The van der Waals surface area contributed by atoms with E-state index in [9.17, 15) is 9.59 Å². The Balaban J connectivity index is 1.49. The van der Waals surface area contributed by atoms with Crippen molar-refractivity contribution < 1.29 is 14.3 Å². The van der Waals surface area contributed by atoms with Gasteiger partial charge in [-0.1, -0.05) is 12.1 Å². The molecule has 0 aliphatic carbocycles. The fraction of sp³-hybridized carbons (Fsp3) is 0.391. The topological polar surface area (TPSA) is 61.9 Å². The largest absolute Gasteiger partial charge is 0.462 e. The van der Waals surface area contributed by atoms with Crippen molar-refractivity contribution in [2.75, 3.05) is 49.5 Å². The summed E-state index contributed by atoms with van der Waals surface area (Å²) in [6, 6.07) is 13.4. The lowest BCUT2D eigenvalue weighted by Gasteiger charge is -2.37. The molecule has 0 radical (unpaired) electrons. The lowest BCUT2D eigenvalue weighted by molar-refractivity contribution is -0.129. The number of carbonyl (C=O) groups is 2. The molecule has 0 aromatic heterocycles. The van der Waals surface area contributed by atoms with E-state index < -0.39 is 0 Å². The number of nitrogens with one attached hydrogen (secondary N) is 1.